The third-order valence-electron chi connectivity index (χ3n) is 2.87. The lowest BCUT2D eigenvalue weighted by atomic mass is 10.3. The van der Waals surface area contributed by atoms with Crippen LogP contribution in [0.5, 0.6) is 0 Å². The van der Waals surface area contributed by atoms with Gasteiger partial charge in [-0.05, 0) is 31.2 Å². The number of benzene rings is 1. The molecule has 0 saturated heterocycles. The zero-order valence-electron chi connectivity index (χ0n) is 10.6. The molecule has 4 nitrogen and oxygen atoms in total. The van der Waals surface area contributed by atoms with E-state index in [0.29, 0.717) is 17.1 Å². The predicted octanol–water partition coefficient (Wildman–Crippen LogP) is 3.30. The molecular formula is C14H11F2N3O. The first-order valence-electron chi connectivity index (χ1n) is 5.92. The van der Waals surface area contributed by atoms with Crippen molar-refractivity contribution in [3.8, 4) is 17.1 Å². The van der Waals surface area contributed by atoms with Gasteiger partial charge in [-0.15, -0.1) is 0 Å². The van der Waals surface area contributed by atoms with E-state index in [-0.39, 0.29) is 5.69 Å². The van der Waals surface area contributed by atoms with Crippen molar-refractivity contribution in [2.45, 2.75) is 6.92 Å². The number of furan rings is 1. The first-order valence-corrected chi connectivity index (χ1v) is 5.92. The average molecular weight is 275 g/mol. The van der Waals surface area contributed by atoms with Gasteiger partial charge in [-0.25, -0.2) is 13.5 Å². The second-order valence-corrected chi connectivity index (χ2v) is 4.38. The van der Waals surface area contributed by atoms with Gasteiger partial charge in [0.15, 0.2) is 17.3 Å². The van der Waals surface area contributed by atoms with Crippen LogP contribution < -0.4 is 5.73 Å². The first-order chi connectivity index (χ1) is 9.54. The highest BCUT2D eigenvalue weighted by atomic mass is 19.1. The summed E-state index contributed by atoms with van der Waals surface area (Å²) in [5.41, 5.74) is 6.75. The Kier molecular flexibility index (Phi) is 2.78. The molecule has 0 atom stereocenters. The molecule has 3 aromatic rings. The summed E-state index contributed by atoms with van der Waals surface area (Å²) in [7, 11) is 0. The molecule has 2 N–H and O–H groups in total. The molecule has 20 heavy (non-hydrogen) atoms. The topological polar surface area (TPSA) is 57.0 Å². The molecule has 0 radical (unpaired) electrons. The second-order valence-electron chi connectivity index (χ2n) is 4.38. The number of rotatable bonds is 2. The van der Waals surface area contributed by atoms with E-state index in [9.17, 15) is 8.78 Å². The summed E-state index contributed by atoms with van der Waals surface area (Å²) in [6.07, 6.45) is 1.46. The standard InChI is InChI=1S/C14H11F2N3O/c1-8-2-5-13(20-8)14-11(17)7-19(18-14)12-4-3-9(15)6-10(12)16/h2-7H,17H2,1H3. The summed E-state index contributed by atoms with van der Waals surface area (Å²) in [5.74, 6) is -0.133. The van der Waals surface area contributed by atoms with Crippen LogP contribution in [-0.4, -0.2) is 9.78 Å². The largest absolute Gasteiger partial charge is 0.460 e. The quantitative estimate of drug-likeness (QED) is 0.780. The smallest absolute Gasteiger partial charge is 0.156 e. The normalized spacial score (nSPS) is 10.9. The fourth-order valence-corrected chi connectivity index (χ4v) is 1.93. The minimum atomic E-state index is -0.713. The van der Waals surface area contributed by atoms with Gasteiger partial charge in [0.2, 0.25) is 0 Å². The molecule has 2 aromatic heterocycles. The maximum Gasteiger partial charge on any atom is 0.156 e. The van der Waals surface area contributed by atoms with Gasteiger partial charge in [0, 0.05) is 6.07 Å². The van der Waals surface area contributed by atoms with E-state index >= 15 is 0 Å². The lowest BCUT2D eigenvalue weighted by Gasteiger charge is -2.02. The number of aromatic nitrogens is 2. The molecule has 3 rings (SSSR count). The number of halogens is 2. The molecule has 0 spiro atoms. The van der Waals surface area contributed by atoms with E-state index in [1.165, 1.54) is 16.9 Å². The van der Waals surface area contributed by atoms with Crippen molar-refractivity contribution in [2.24, 2.45) is 0 Å². The van der Waals surface area contributed by atoms with Crippen LogP contribution in [0.25, 0.3) is 17.1 Å². The van der Waals surface area contributed by atoms with Gasteiger partial charge in [0.1, 0.15) is 17.3 Å². The highest BCUT2D eigenvalue weighted by Crippen LogP contribution is 2.27. The van der Waals surface area contributed by atoms with Gasteiger partial charge in [-0.2, -0.15) is 5.10 Å². The minimum Gasteiger partial charge on any atom is -0.460 e. The lowest BCUT2D eigenvalue weighted by molar-refractivity contribution is 0.545. The van der Waals surface area contributed by atoms with Crippen LogP contribution in [0.1, 0.15) is 5.76 Å². The minimum absolute atomic E-state index is 0.118. The highest BCUT2D eigenvalue weighted by molar-refractivity contribution is 5.68. The molecule has 0 saturated carbocycles. The van der Waals surface area contributed by atoms with E-state index < -0.39 is 11.6 Å². The van der Waals surface area contributed by atoms with Gasteiger partial charge in [-0.3, -0.25) is 0 Å². The number of anilines is 1. The van der Waals surface area contributed by atoms with Crippen LogP contribution in [0.15, 0.2) is 40.9 Å². The number of nitrogen functional groups attached to an aromatic ring is 1. The summed E-state index contributed by atoms with van der Waals surface area (Å²) in [5, 5.41) is 4.19. The zero-order valence-corrected chi connectivity index (χ0v) is 10.6. The molecule has 1 aromatic carbocycles. The first kappa shape index (κ1) is 12.4. The lowest BCUT2D eigenvalue weighted by Crippen LogP contribution is -1.99. The van der Waals surface area contributed by atoms with Crippen molar-refractivity contribution >= 4 is 5.69 Å². The molecule has 6 heteroatoms. The number of aryl methyl sites for hydroxylation is 1. The molecule has 0 fully saturated rings. The van der Waals surface area contributed by atoms with Crippen LogP contribution in [0.4, 0.5) is 14.5 Å². The SMILES string of the molecule is Cc1ccc(-c2nn(-c3ccc(F)cc3F)cc2N)o1. The summed E-state index contributed by atoms with van der Waals surface area (Å²) in [6.45, 7) is 1.80. The van der Waals surface area contributed by atoms with E-state index in [2.05, 4.69) is 5.10 Å². The third kappa shape index (κ3) is 2.05. The van der Waals surface area contributed by atoms with Gasteiger partial charge < -0.3 is 10.2 Å². The summed E-state index contributed by atoms with van der Waals surface area (Å²) in [4.78, 5) is 0. The molecule has 0 aliphatic heterocycles. The molecule has 0 unspecified atom stereocenters. The Hall–Kier alpha value is -2.63. The summed E-state index contributed by atoms with van der Waals surface area (Å²) in [6, 6.07) is 6.77. The number of hydrogen-bond donors (Lipinski definition) is 1. The van der Waals surface area contributed by atoms with Crippen molar-refractivity contribution in [3.05, 3.63) is 53.9 Å². The van der Waals surface area contributed by atoms with E-state index in [0.717, 1.165) is 17.9 Å². The molecule has 0 amide bonds. The van der Waals surface area contributed by atoms with E-state index in [1.807, 2.05) is 0 Å². The fraction of sp³-hybridized carbons (Fsp3) is 0.0714. The Labute approximate surface area is 113 Å². The van der Waals surface area contributed by atoms with Crippen molar-refractivity contribution in [2.75, 3.05) is 5.73 Å². The molecular weight excluding hydrogens is 264 g/mol. The van der Waals surface area contributed by atoms with Crippen LogP contribution in [0.3, 0.4) is 0 Å². The fourth-order valence-electron chi connectivity index (χ4n) is 1.93. The van der Waals surface area contributed by atoms with E-state index in [4.69, 9.17) is 10.2 Å². The van der Waals surface area contributed by atoms with Crippen molar-refractivity contribution in [1.29, 1.82) is 0 Å². The zero-order chi connectivity index (χ0) is 14.3. The Morgan fingerprint density at radius 1 is 1.20 bits per heavy atom. The van der Waals surface area contributed by atoms with Crippen molar-refractivity contribution in [1.82, 2.24) is 9.78 Å². The van der Waals surface area contributed by atoms with E-state index in [1.54, 1.807) is 19.1 Å². The molecule has 0 aliphatic carbocycles. The molecule has 0 aliphatic rings. The van der Waals surface area contributed by atoms with Gasteiger partial charge in [-0.1, -0.05) is 0 Å². The monoisotopic (exact) mass is 275 g/mol. The van der Waals surface area contributed by atoms with Gasteiger partial charge >= 0.3 is 0 Å². The number of nitrogens with two attached hydrogens (primary N) is 1. The number of nitrogens with zero attached hydrogens (tertiary/aromatic N) is 2. The summed E-state index contributed by atoms with van der Waals surface area (Å²) >= 11 is 0. The van der Waals surface area contributed by atoms with Gasteiger partial charge in [0.25, 0.3) is 0 Å². The second kappa shape index (κ2) is 4.48. The molecule has 102 valence electrons. The van der Waals surface area contributed by atoms with Gasteiger partial charge in [0.05, 0.1) is 11.9 Å². The Bertz CT molecular complexity index is 777. The maximum atomic E-state index is 13.7. The molecule has 2 heterocycles. The van der Waals surface area contributed by atoms with Crippen LogP contribution in [0, 0.1) is 18.6 Å². The number of hydrogen-bond acceptors (Lipinski definition) is 3. The average Bonchev–Trinajstić information content (AvgIpc) is 2.95. The maximum absolute atomic E-state index is 13.7. The highest BCUT2D eigenvalue weighted by Gasteiger charge is 2.15. The molecule has 0 bridgehead atoms. The Morgan fingerprint density at radius 3 is 2.65 bits per heavy atom. The predicted molar refractivity (Wildman–Crippen MR) is 70.3 cm³/mol. The van der Waals surface area contributed by atoms with Crippen LogP contribution >= 0.6 is 0 Å². The van der Waals surface area contributed by atoms with Crippen molar-refractivity contribution < 1.29 is 13.2 Å². The Balaban J connectivity index is 2.08. The third-order valence-corrected chi connectivity index (χ3v) is 2.87. The summed E-state index contributed by atoms with van der Waals surface area (Å²) < 4.78 is 33.3. The van der Waals surface area contributed by atoms with Crippen LogP contribution in [0.2, 0.25) is 0 Å². The van der Waals surface area contributed by atoms with Crippen molar-refractivity contribution in [3.63, 3.8) is 0 Å². The van der Waals surface area contributed by atoms with Crippen LogP contribution in [-0.2, 0) is 0 Å². The Morgan fingerprint density at radius 2 is 2.00 bits per heavy atom.